The van der Waals surface area contributed by atoms with Crippen LogP contribution < -0.4 is 15.6 Å². The lowest BCUT2D eigenvalue weighted by Gasteiger charge is -2.19. The fraction of sp³-hybridized carbons (Fsp3) is 0.280. The van der Waals surface area contributed by atoms with E-state index in [9.17, 15) is 4.79 Å². The summed E-state index contributed by atoms with van der Waals surface area (Å²) in [4.78, 5) is 16.9. The third-order valence-electron chi connectivity index (χ3n) is 5.37. The van der Waals surface area contributed by atoms with Crippen LogP contribution in [0, 0.1) is 0 Å². The third kappa shape index (κ3) is 5.65. The summed E-state index contributed by atoms with van der Waals surface area (Å²) in [6.07, 6.45) is 7.16. The molecule has 0 saturated heterocycles. The average Bonchev–Trinajstić information content (AvgIpc) is 2.81. The molecule has 3 aromatic rings. The first-order valence-electron chi connectivity index (χ1n) is 10.6. The largest absolute Gasteiger partial charge is 0.487 e. The Kier molecular flexibility index (Phi) is 7.37. The van der Waals surface area contributed by atoms with Crippen molar-refractivity contribution in [2.24, 2.45) is 0 Å². The molecule has 0 saturated carbocycles. The summed E-state index contributed by atoms with van der Waals surface area (Å²) in [6, 6.07) is 13.4. The number of ether oxygens (including phenoxy) is 2. The number of halogens is 1. The van der Waals surface area contributed by atoms with Crippen molar-refractivity contribution >= 4 is 23.4 Å². The number of nitrogens with zero attached hydrogens (tertiary/aromatic N) is 2. The number of methoxy groups -OCH3 is 1. The lowest BCUT2D eigenvalue weighted by molar-refractivity contribution is 0.199. The van der Waals surface area contributed by atoms with Gasteiger partial charge in [0.25, 0.3) is 5.56 Å². The molecule has 0 amide bonds. The van der Waals surface area contributed by atoms with Gasteiger partial charge in [0.1, 0.15) is 12.4 Å². The van der Waals surface area contributed by atoms with Crippen molar-refractivity contribution < 1.29 is 9.47 Å². The Morgan fingerprint density at radius 2 is 2.06 bits per heavy atom. The number of rotatable bonds is 9. The van der Waals surface area contributed by atoms with Gasteiger partial charge in [0, 0.05) is 44.4 Å². The molecule has 1 N–H and O–H groups in total. The van der Waals surface area contributed by atoms with Gasteiger partial charge in [-0.2, -0.15) is 0 Å². The van der Waals surface area contributed by atoms with Gasteiger partial charge in [-0.05, 0) is 53.8 Å². The van der Waals surface area contributed by atoms with Gasteiger partial charge in [-0.3, -0.25) is 14.3 Å². The highest BCUT2D eigenvalue weighted by molar-refractivity contribution is 6.30. The van der Waals surface area contributed by atoms with Gasteiger partial charge in [0.15, 0.2) is 0 Å². The van der Waals surface area contributed by atoms with E-state index in [1.807, 2.05) is 6.07 Å². The Labute approximate surface area is 192 Å². The standard InChI is InChI=1S/C25H26ClN3O3/c1-31-11-9-27-15-18-2-3-20-13-23(7-4-19(20)12-18)29-10-8-24(14-25(29)30)32-17-22-6-5-21(26)16-28-22/h2-3,5-6,8,10,12-14,16,27H,4,7,9,11,15,17H2,1H3. The minimum Gasteiger partial charge on any atom is -0.487 e. The van der Waals surface area contributed by atoms with Gasteiger partial charge in [0.05, 0.1) is 17.3 Å². The molecule has 1 aromatic carbocycles. The molecule has 2 aromatic heterocycles. The number of hydrogen-bond donors (Lipinski definition) is 1. The zero-order valence-corrected chi connectivity index (χ0v) is 18.8. The van der Waals surface area contributed by atoms with Crippen LogP contribution in [0.5, 0.6) is 5.75 Å². The maximum absolute atomic E-state index is 12.7. The summed E-state index contributed by atoms with van der Waals surface area (Å²) in [5, 5.41) is 3.95. The van der Waals surface area contributed by atoms with E-state index in [1.54, 1.807) is 36.2 Å². The summed E-state index contributed by atoms with van der Waals surface area (Å²) >= 11 is 5.85. The van der Waals surface area contributed by atoms with Crippen molar-refractivity contribution in [2.45, 2.75) is 26.0 Å². The van der Waals surface area contributed by atoms with Gasteiger partial charge in [-0.25, -0.2) is 0 Å². The molecule has 0 aliphatic heterocycles. The van der Waals surface area contributed by atoms with Gasteiger partial charge in [-0.15, -0.1) is 0 Å². The van der Waals surface area contributed by atoms with E-state index in [1.165, 1.54) is 17.2 Å². The van der Waals surface area contributed by atoms with Crippen molar-refractivity contribution in [3.8, 4) is 5.75 Å². The van der Waals surface area contributed by atoms with Crippen LogP contribution in [0.1, 0.15) is 28.8 Å². The Hall–Kier alpha value is -2.93. The van der Waals surface area contributed by atoms with Crippen molar-refractivity contribution in [2.75, 3.05) is 20.3 Å². The monoisotopic (exact) mass is 451 g/mol. The summed E-state index contributed by atoms with van der Waals surface area (Å²) in [5.74, 6) is 0.519. The van der Waals surface area contributed by atoms with Crippen molar-refractivity contribution in [3.63, 3.8) is 0 Å². The maximum atomic E-state index is 12.7. The SMILES string of the molecule is COCCNCc1ccc2c(c1)CCC(n1ccc(OCc3ccc(Cl)cn3)cc1=O)=C2. The summed E-state index contributed by atoms with van der Waals surface area (Å²) in [7, 11) is 1.70. The molecular formula is C25H26ClN3O3. The van der Waals surface area contributed by atoms with Crippen LogP contribution >= 0.6 is 11.6 Å². The molecule has 0 bridgehead atoms. The molecule has 2 heterocycles. The van der Waals surface area contributed by atoms with E-state index in [0.717, 1.165) is 42.9 Å². The number of fused-ring (bicyclic) bond motifs is 1. The number of hydrogen-bond acceptors (Lipinski definition) is 5. The Bertz CT molecular complexity index is 1160. The predicted molar refractivity (Wildman–Crippen MR) is 127 cm³/mol. The molecule has 0 spiro atoms. The van der Waals surface area contributed by atoms with Crippen molar-refractivity contribution in [3.05, 3.63) is 92.6 Å². The van der Waals surface area contributed by atoms with Gasteiger partial charge >= 0.3 is 0 Å². The van der Waals surface area contributed by atoms with Crippen molar-refractivity contribution in [1.82, 2.24) is 14.9 Å². The normalized spacial score (nSPS) is 12.9. The maximum Gasteiger partial charge on any atom is 0.258 e. The van der Waals surface area contributed by atoms with E-state index < -0.39 is 0 Å². The van der Waals surface area contributed by atoms with Crippen LogP contribution in [0.15, 0.2) is 59.7 Å². The van der Waals surface area contributed by atoms with E-state index in [2.05, 4.69) is 34.6 Å². The lowest BCUT2D eigenvalue weighted by atomic mass is 9.93. The molecular weight excluding hydrogens is 426 g/mol. The molecule has 1 aliphatic carbocycles. The molecule has 4 rings (SSSR count). The van der Waals surface area contributed by atoms with Crippen LogP contribution in [-0.4, -0.2) is 29.8 Å². The first kappa shape index (κ1) is 22.3. The lowest BCUT2D eigenvalue weighted by Crippen LogP contribution is -2.20. The first-order valence-corrected chi connectivity index (χ1v) is 11.0. The number of aromatic nitrogens is 2. The second-order valence-corrected chi connectivity index (χ2v) is 8.10. The molecule has 0 radical (unpaired) electrons. The van der Waals surface area contributed by atoms with Crippen LogP contribution in [0.3, 0.4) is 0 Å². The second-order valence-electron chi connectivity index (χ2n) is 7.67. The number of pyridine rings is 2. The molecule has 0 fully saturated rings. The van der Waals surface area contributed by atoms with Crippen LogP contribution in [0.4, 0.5) is 0 Å². The van der Waals surface area contributed by atoms with E-state index >= 15 is 0 Å². The van der Waals surface area contributed by atoms with E-state index in [4.69, 9.17) is 21.1 Å². The highest BCUT2D eigenvalue weighted by Gasteiger charge is 2.14. The van der Waals surface area contributed by atoms with E-state index in [0.29, 0.717) is 17.4 Å². The quantitative estimate of drug-likeness (QED) is 0.495. The van der Waals surface area contributed by atoms with Gasteiger partial charge < -0.3 is 14.8 Å². The Morgan fingerprint density at radius 1 is 1.16 bits per heavy atom. The number of nitrogens with one attached hydrogen (secondary N) is 1. The highest BCUT2D eigenvalue weighted by Crippen LogP contribution is 2.27. The minimum atomic E-state index is -0.111. The Morgan fingerprint density at radius 3 is 2.84 bits per heavy atom. The molecule has 6 nitrogen and oxygen atoms in total. The number of aryl methyl sites for hydroxylation is 1. The summed E-state index contributed by atoms with van der Waals surface area (Å²) in [6.45, 7) is 2.63. The molecule has 7 heteroatoms. The third-order valence-corrected chi connectivity index (χ3v) is 5.59. The summed E-state index contributed by atoms with van der Waals surface area (Å²) < 4.78 is 12.5. The number of allylic oxidation sites excluding steroid dienone is 1. The molecule has 166 valence electrons. The molecule has 0 atom stereocenters. The number of benzene rings is 1. The molecule has 0 unspecified atom stereocenters. The highest BCUT2D eigenvalue weighted by atomic mass is 35.5. The van der Waals surface area contributed by atoms with Crippen LogP contribution in [0.25, 0.3) is 11.8 Å². The topological polar surface area (TPSA) is 65.4 Å². The smallest absolute Gasteiger partial charge is 0.258 e. The molecule has 1 aliphatic rings. The van der Waals surface area contributed by atoms with Gasteiger partial charge in [0.2, 0.25) is 0 Å². The fourth-order valence-corrected chi connectivity index (χ4v) is 3.79. The average molecular weight is 452 g/mol. The summed E-state index contributed by atoms with van der Waals surface area (Å²) in [5.41, 5.74) is 5.35. The van der Waals surface area contributed by atoms with Crippen LogP contribution in [0.2, 0.25) is 5.02 Å². The van der Waals surface area contributed by atoms with E-state index in [-0.39, 0.29) is 12.2 Å². The fourth-order valence-electron chi connectivity index (χ4n) is 3.67. The first-order chi connectivity index (χ1) is 15.6. The van der Waals surface area contributed by atoms with Crippen molar-refractivity contribution in [1.29, 1.82) is 0 Å². The van der Waals surface area contributed by atoms with Crippen LogP contribution in [-0.2, 0) is 24.3 Å². The minimum absolute atomic E-state index is 0.111. The zero-order valence-electron chi connectivity index (χ0n) is 18.0. The second kappa shape index (κ2) is 10.6. The molecule has 32 heavy (non-hydrogen) atoms. The Balaban J connectivity index is 1.43. The zero-order chi connectivity index (χ0) is 22.3. The van der Waals surface area contributed by atoms with Gasteiger partial charge in [-0.1, -0.05) is 29.8 Å². The predicted octanol–water partition coefficient (Wildman–Crippen LogP) is 4.16.